The molecule has 0 heterocycles. The molecular weight excluding hydrogens is 150 g/mol. The molecule has 0 saturated heterocycles. The highest BCUT2D eigenvalue weighted by Gasteiger charge is 2.33. The van der Waals surface area contributed by atoms with Crippen LogP contribution in [0.4, 0.5) is 0 Å². The average Bonchev–Trinajstić information content (AvgIpc) is 1.86. The Balaban J connectivity index is 4.15. The zero-order valence-electron chi connectivity index (χ0n) is 6.27. The van der Waals surface area contributed by atoms with E-state index < -0.39 is 24.4 Å². The molecule has 0 aromatic heterocycles. The van der Waals surface area contributed by atoms with Gasteiger partial charge in [-0.2, -0.15) is 0 Å². The molecule has 5 heteroatoms. The minimum absolute atomic E-state index is 0.381. The van der Waals surface area contributed by atoms with E-state index in [1.807, 2.05) is 0 Å². The molecule has 0 rings (SSSR count). The summed E-state index contributed by atoms with van der Waals surface area (Å²) in [6.07, 6.45) is -2.69. The summed E-state index contributed by atoms with van der Waals surface area (Å²) in [5.74, 6) is 0. The zero-order chi connectivity index (χ0) is 9.07. The first-order valence-corrected chi connectivity index (χ1v) is 3.23. The van der Waals surface area contributed by atoms with E-state index >= 15 is 0 Å². The van der Waals surface area contributed by atoms with Crippen LogP contribution in [0.15, 0.2) is 0 Å². The van der Waals surface area contributed by atoms with E-state index in [0.29, 0.717) is 6.29 Å². The number of aldehydes is 1. The van der Waals surface area contributed by atoms with E-state index in [1.165, 1.54) is 6.92 Å². The molecule has 0 spiro atoms. The number of hydrogen-bond acceptors (Lipinski definition) is 5. The smallest absolute Gasteiger partial charge is 0.148 e. The first-order valence-electron chi connectivity index (χ1n) is 3.23. The lowest BCUT2D eigenvalue weighted by atomic mass is 10.0. The van der Waals surface area contributed by atoms with Crippen molar-refractivity contribution in [1.29, 1.82) is 0 Å². The fraction of sp³-hybridized carbons (Fsp3) is 0.833. The van der Waals surface area contributed by atoms with Gasteiger partial charge in [-0.1, -0.05) is 0 Å². The number of aliphatic hydroxyl groups is 3. The summed E-state index contributed by atoms with van der Waals surface area (Å²) < 4.78 is 0. The van der Waals surface area contributed by atoms with Crippen molar-refractivity contribution in [2.45, 2.75) is 31.3 Å². The zero-order valence-corrected chi connectivity index (χ0v) is 6.27. The van der Waals surface area contributed by atoms with E-state index in [1.54, 1.807) is 0 Å². The Morgan fingerprint density at radius 1 is 1.64 bits per heavy atom. The highest BCUT2D eigenvalue weighted by atomic mass is 16.4. The Kier molecular flexibility index (Phi) is 3.61. The lowest BCUT2D eigenvalue weighted by Crippen LogP contribution is -2.55. The van der Waals surface area contributed by atoms with Crippen molar-refractivity contribution < 1.29 is 20.1 Å². The molecule has 5 N–H and O–H groups in total. The van der Waals surface area contributed by atoms with E-state index in [2.05, 4.69) is 0 Å². The summed E-state index contributed by atoms with van der Waals surface area (Å²) in [6.45, 7) is 1.27. The van der Waals surface area contributed by atoms with Crippen LogP contribution in [0.3, 0.4) is 0 Å². The van der Waals surface area contributed by atoms with Gasteiger partial charge < -0.3 is 25.8 Å². The molecule has 2 unspecified atom stereocenters. The third kappa shape index (κ3) is 2.94. The van der Waals surface area contributed by atoms with Crippen LogP contribution in [-0.2, 0) is 4.79 Å². The Morgan fingerprint density at radius 2 is 2.09 bits per heavy atom. The molecule has 0 aromatic carbocycles. The summed E-state index contributed by atoms with van der Waals surface area (Å²) in [4.78, 5) is 9.91. The Hall–Kier alpha value is -0.490. The van der Waals surface area contributed by atoms with E-state index in [9.17, 15) is 4.79 Å². The van der Waals surface area contributed by atoms with Gasteiger partial charge in [-0.25, -0.2) is 0 Å². The van der Waals surface area contributed by atoms with Gasteiger partial charge in [0.05, 0.1) is 6.10 Å². The summed E-state index contributed by atoms with van der Waals surface area (Å²) in [7, 11) is 0. The van der Waals surface area contributed by atoms with E-state index in [-0.39, 0.29) is 0 Å². The van der Waals surface area contributed by atoms with Crippen molar-refractivity contribution in [3.05, 3.63) is 0 Å². The van der Waals surface area contributed by atoms with Gasteiger partial charge in [0.2, 0.25) is 0 Å². The van der Waals surface area contributed by atoms with Gasteiger partial charge in [-0.05, 0) is 6.92 Å². The van der Waals surface area contributed by atoms with Crippen LogP contribution in [0.25, 0.3) is 0 Å². The van der Waals surface area contributed by atoms with Crippen LogP contribution >= 0.6 is 0 Å². The number of rotatable bonds is 4. The van der Waals surface area contributed by atoms with Crippen LogP contribution in [0, 0.1) is 0 Å². The van der Waals surface area contributed by atoms with Gasteiger partial charge in [-0.15, -0.1) is 0 Å². The molecule has 0 aliphatic carbocycles. The van der Waals surface area contributed by atoms with Crippen LogP contribution in [0.1, 0.15) is 13.3 Å². The quantitative estimate of drug-likeness (QED) is 0.282. The van der Waals surface area contributed by atoms with E-state index in [4.69, 9.17) is 21.1 Å². The predicted molar refractivity (Wildman–Crippen MR) is 37.5 cm³/mol. The molecule has 0 fully saturated rings. The SMILES string of the molecule is CC(O)C(O)[C@@](N)(O)CC=O. The van der Waals surface area contributed by atoms with Gasteiger partial charge in [0.15, 0.2) is 0 Å². The van der Waals surface area contributed by atoms with Crippen LogP contribution in [0.5, 0.6) is 0 Å². The molecule has 0 saturated carbocycles. The molecule has 5 nitrogen and oxygen atoms in total. The Bertz CT molecular complexity index is 135. The molecule has 66 valence electrons. The van der Waals surface area contributed by atoms with Gasteiger partial charge in [-0.3, -0.25) is 0 Å². The first kappa shape index (κ1) is 10.5. The van der Waals surface area contributed by atoms with Gasteiger partial charge >= 0.3 is 0 Å². The topological polar surface area (TPSA) is 104 Å². The highest BCUT2D eigenvalue weighted by molar-refractivity contribution is 5.51. The summed E-state index contributed by atoms with van der Waals surface area (Å²) in [6, 6.07) is 0. The predicted octanol–water partition coefficient (Wildman–Crippen LogP) is -2.04. The van der Waals surface area contributed by atoms with Crippen molar-refractivity contribution in [1.82, 2.24) is 0 Å². The molecular formula is C6H13NO4. The number of hydrogen-bond donors (Lipinski definition) is 4. The molecule has 0 amide bonds. The molecule has 0 aromatic rings. The average molecular weight is 163 g/mol. The number of carbonyl (C=O) groups excluding carboxylic acids is 1. The second kappa shape index (κ2) is 3.77. The Morgan fingerprint density at radius 3 is 2.36 bits per heavy atom. The fourth-order valence-corrected chi connectivity index (χ4v) is 0.672. The number of nitrogens with two attached hydrogens (primary N) is 1. The first-order chi connectivity index (χ1) is 4.91. The monoisotopic (exact) mass is 163 g/mol. The molecule has 0 aliphatic rings. The molecule has 3 atom stereocenters. The minimum Gasteiger partial charge on any atom is -0.391 e. The maximum absolute atomic E-state index is 9.91. The lowest BCUT2D eigenvalue weighted by Gasteiger charge is -2.28. The maximum atomic E-state index is 9.91. The van der Waals surface area contributed by atoms with Gasteiger partial charge in [0.1, 0.15) is 18.1 Å². The second-order valence-electron chi connectivity index (χ2n) is 2.55. The lowest BCUT2D eigenvalue weighted by molar-refractivity contribution is -0.133. The van der Waals surface area contributed by atoms with Crippen molar-refractivity contribution in [3.8, 4) is 0 Å². The Labute approximate surface area is 64.4 Å². The fourth-order valence-electron chi connectivity index (χ4n) is 0.672. The van der Waals surface area contributed by atoms with E-state index in [0.717, 1.165) is 0 Å². The third-order valence-electron chi connectivity index (χ3n) is 1.38. The normalized spacial score (nSPS) is 21.9. The molecule has 0 bridgehead atoms. The third-order valence-corrected chi connectivity index (χ3v) is 1.38. The van der Waals surface area contributed by atoms with Gasteiger partial charge in [0, 0.05) is 6.42 Å². The van der Waals surface area contributed by atoms with Crippen molar-refractivity contribution in [2.75, 3.05) is 0 Å². The molecule has 0 aliphatic heterocycles. The van der Waals surface area contributed by atoms with Crippen LogP contribution < -0.4 is 5.73 Å². The summed E-state index contributed by atoms with van der Waals surface area (Å²) in [5.41, 5.74) is 3.05. The van der Waals surface area contributed by atoms with Crippen molar-refractivity contribution in [3.63, 3.8) is 0 Å². The molecule has 11 heavy (non-hydrogen) atoms. The number of aliphatic hydroxyl groups excluding tert-OH is 2. The van der Waals surface area contributed by atoms with Crippen molar-refractivity contribution in [2.24, 2.45) is 5.73 Å². The number of carbonyl (C=O) groups is 1. The largest absolute Gasteiger partial charge is 0.391 e. The summed E-state index contributed by atoms with van der Waals surface area (Å²) >= 11 is 0. The van der Waals surface area contributed by atoms with Crippen molar-refractivity contribution >= 4 is 6.29 Å². The minimum atomic E-state index is -2.03. The van der Waals surface area contributed by atoms with Crippen LogP contribution in [0.2, 0.25) is 0 Å². The second-order valence-corrected chi connectivity index (χ2v) is 2.55. The van der Waals surface area contributed by atoms with Gasteiger partial charge in [0.25, 0.3) is 0 Å². The van der Waals surface area contributed by atoms with Crippen LogP contribution in [-0.4, -0.2) is 39.5 Å². The standard InChI is InChI=1S/C6H13NO4/c1-4(9)5(10)6(7,11)2-3-8/h3-5,9-11H,2,7H2,1H3/t4?,5?,6-/m0/s1. The molecule has 0 radical (unpaired) electrons. The maximum Gasteiger partial charge on any atom is 0.148 e. The summed E-state index contributed by atoms with van der Waals surface area (Å²) in [5, 5.41) is 26.9. The highest BCUT2D eigenvalue weighted by Crippen LogP contribution is 2.10.